The highest BCUT2D eigenvalue weighted by atomic mass is 32.2. The summed E-state index contributed by atoms with van der Waals surface area (Å²) < 4.78 is 36.3. The number of alkyl halides is 1. The number of aromatic nitrogens is 1. The lowest BCUT2D eigenvalue weighted by atomic mass is 10.1. The van der Waals surface area contributed by atoms with Crippen molar-refractivity contribution in [2.24, 2.45) is 0 Å². The molecule has 1 N–H and O–H groups in total. The molecule has 0 aliphatic carbocycles. The number of hydrogen-bond acceptors (Lipinski definition) is 5. The van der Waals surface area contributed by atoms with E-state index in [0.29, 0.717) is 26.1 Å². The van der Waals surface area contributed by atoms with Gasteiger partial charge in [-0.25, -0.2) is 22.1 Å². The second-order valence-corrected chi connectivity index (χ2v) is 7.12. The predicted molar refractivity (Wildman–Crippen MR) is 84.6 cm³/mol. The van der Waals surface area contributed by atoms with Crippen molar-refractivity contribution < 1.29 is 12.8 Å². The lowest BCUT2D eigenvalue weighted by Gasteiger charge is -2.17. The lowest BCUT2D eigenvalue weighted by molar-refractivity contribution is 0.364. The molecule has 1 fully saturated rings. The zero-order chi connectivity index (χ0) is 15.7. The van der Waals surface area contributed by atoms with Crippen molar-refractivity contribution in [3.63, 3.8) is 0 Å². The summed E-state index contributed by atoms with van der Waals surface area (Å²) in [5.74, 6) is 1.66. The Morgan fingerprint density at radius 3 is 3.00 bits per heavy atom. The summed E-state index contributed by atoms with van der Waals surface area (Å²) in [5, 5.41) is 3.35. The Morgan fingerprint density at radius 2 is 2.32 bits per heavy atom. The van der Waals surface area contributed by atoms with E-state index in [0.717, 1.165) is 30.0 Å². The molecular weight excluding hydrogens is 307 g/mol. The Morgan fingerprint density at radius 1 is 1.50 bits per heavy atom. The van der Waals surface area contributed by atoms with E-state index in [1.165, 1.54) is 4.31 Å². The SMILES string of the molecule is CN(CC[C@H]1Cc2ccc(N3CC[C@H](F)C3)nc2N1)[SH](=O)=O. The average molecular weight is 328 g/mol. The third kappa shape index (κ3) is 3.33. The minimum atomic E-state index is -2.51. The molecule has 3 rings (SSSR count). The number of rotatable bonds is 5. The second-order valence-electron chi connectivity index (χ2n) is 5.96. The van der Waals surface area contributed by atoms with Gasteiger partial charge in [0.15, 0.2) is 0 Å². The van der Waals surface area contributed by atoms with Crippen molar-refractivity contribution in [1.82, 2.24) is 9.29 Å². The summed E-state index contributed by atoms with van der Waals surface area (Å²) in [4.78, 5) is 6.57. The van der Waals surface area contributed by atoms with Crippen LogP contribution in [0.4, 0.5) is 16.0 Å². The molecule has 0 bridgehead atoms. The molecule has 2 aliphatic rings. The minimum Gasteiger partial charge on any atom is -0.367 e. The lowest BCUT2D eigenvalue weighted by Crippen LogP contribution is -2.25. The van der Waals surface area contributed by atoms with E-state index in [1.54, 1.807) is 7.05 Å². The molecule has 3 heterocycles. The van der Waals surface area contributed by atoms with Gasteiger partial charge in [-0.05, 0) is 30.9 Å². The van der Waals surface area contributed by atoms with Gasteiger partial charge >= 0.3 is 0 Å². The quantitative estimate of drug-likeness (QED) is 0.783. The van der Waals surface area contributed by atoms with E-state index in [4.69, 9.17) is 0 Å². The zero-order valence-electron chi connectivity index (χ0n) is 12.5. The van der Waals surface area contributed by atoms with E-state index in [1.807, 2.05) is 17.0 Å². The molecule has 0 radical (unpaired) electrons. The van der Waals surface area contributed by atoms with Crippen LogP contribution in [0.3, 0.4) is 0 Å². The van der Waals surface area contributed by atoms with Gasteiger partial charge in [-0.3, -0.25) is 0 Å². The van der Waals surface area contributed by atoms with Gasteiger partial charge < -0.3 is 10.2 Å². The molecule has 2 aliphatic heterocycles. The molecule has 0 saturated carbocycles. The molecule has 0 amide bonds. The van der Waals surface area contributed by atoms with Gasteiger partial charge in [-0.2, -0.15) is 0 Å². The molecule has 1 aromatic rings. The maximum Gasteiger partial charge on any atom is 0.203 e. The topological polar surface area (TPSA) is 65.5 Å². The van der Waals surface area contributed by atoms with Gasteiger partial charge in [0, 0.05) is 26.2 Å². The van der Waals surface area contributed by atoms with Crippen LogP contribution in [0.25, 0.3) is 0 Å². The van der Waals surface area contributed by atoms with Crippen molar-refractivity contribution in [1.29, 1.82) is 0 Å². The van der Waals surface area contributed by atoms with Crippen LogP contribution in [0.2, 0.25) is 0 Å². The van der Waals surface area contributed by atoms with Gasteiger partial charge in [0.05, 0.1) is 6.54 Å². The van der Waals surface area contributed by atoms with Crippen molar-refractivity contribution in [3.05, 3.63) is 17.7 Å². The highest BCUT2D eigenvalue weighted by molar-refractivity contribution is 7.69. The van der Waals surface area contributed by atoms with Crippen LogP contribution in [0, 0.1) is 0 Å². The first-order valence-electron chi connectivity index (χ1n) is 7.54. The highest BCUT2D eigenvalue weighted by Crippen LogP contribution is 2.29. The molecule has 122 valence electrons. The first-order valence-corrected chi connectivity index (χ1v) is 8.67. The monoisotopic (exact) mass is 328 g/mol. The van der Waals surface area contributed by atoms with E-state index < -0.39 is 17.1 Å². The summed E-state index contributed by atoms with van der Waals surface area (Å²) in [7, 11) is -0.934. The molecule has 0 aromatic carbocycles. The number of halogens is 1. The van der Waals surface area contributed by atoms with E-state index >= 15 is 0 Å². The maximum atomic E-state index is 13.3. The van der Waals surface area contributed by atoms with Crippen molar-refractivity contribution >= 4 is 22.5 Å². The van der Waals surface area contributed by atoms with Crippen LogP contribution in [0.5, 0.6) is 0 Å². The molecular formula is C14H21FN4O2S. The summed E-state index contributed by atoms with van der Waals surface area (Å²) in [6, 6.07) is 4.18. The second kappa shape index (κ2) is 6.37. The van der Waals surface area contributed by atoms with Crippen molar-refractivity contribution in [2.45, 2.75) is 31.5 Å². The van der Waals surface area contributed by atoms with Gasteiger partial charge in [0.25, 0.3) is 0 Å². The van der Waals surface area contributed by atoms with Crippen LogP contribution in [0.1, 0.15) is 18.4 Å². The van der Waals surface area contributed by atoms with E-state index in [2.05, 4.69) is 10.3 Å². The molecule has 1 aromatic heterocycles. The first kappa shape index (κ1) is 15.5. The summed E-state index contributed by atoms with van der Waals surface area (Å²) in [6.45, 7) is 1.61. The van der Waals surface area contributed by atoms with Gasteiger partial charge in [0.2, 0.25) is 10.9 Å². The third-order valence-electron chi connectivity index (χ3n) is 4.31. The normalized spacial score (nSPS) is 24.1. The number of nitrogens with zero attached hydrogens (tertiary/aromatic N) is 3. The summed E-state index contributed by atoms with van der Waals surface area (Å²) in [6.07, 6.45) is 1.38. The van der Waals surface area contributed by atoms with Crippen LogP contribution >= 0.6 is 0 Å². The van der Waals surface area contributed by atoms with Gasteiger partial charge in [-0.15, -0.1) is 0 Å². The Bertz CT molecular complexity index is 617. The molecule has 2 atom stereocenters. The Labute approximate surface area is 131 Å². The van der Waals surface area contributed by atoms with E-state index in [9.17, 15) is 12.8 Å². The molecule has 22 heavy (non-hydrogen) atoms. The van der Waals surface area contributed by atoms with Crippen LogP contribution < -0.4 is 10.2 Å². The number of thiol groups is 1. The minimum absolute atomic E-state index is 0.197. The number of hydrogen-bond donors (Lipinski definition) is 2. The average Bonchev–Trinajstić information content (AvgIpc) is 3.09. The standard InChI is InChI=1S/C14H21FN4O2S/c1-18(22(20)21)6-5-12-8-10-2-3-13(17-14(10)16-12)19-7-4-11(15)9-19/h2-3,11-12,22H,4-9H2,1H3,(H,16,17)/t11-,12-/m0/s1. The largest absolute Gasteiger partial charge is 0.367 e. The first-order chi connectivity index (χ1) is 10.5. The summed E-state index contributed by atoms with van der Waals surface area (Å²) >= 11 is 0. The van der Waals surface area contributed by atoms with Crippen LogP contribution in [-0.2, 0) is 17.3 Å². The number of fused-ring (bicyclic) bond motifs is 1. The molecule has 0 unspecified atom stereocenters. The summed E-state index contributed by atoms with van der Waals surface area (Å²) in [5.41, 5.74) is 1.14. The van der Waals surface area contributed by atoms with Gasteiger partial charge in [-0.1, -0.05) is 6.07 Å². The predicted octanol–water partition coefficient (Wildman–Crippen LogP) is 0.815. The number of anilines is 2. The molecule has 0 spiro atoms. The fourth-order valence-electron chi connectivity index (χ4n) is 2.98. The van der Waals surface area contributed by atoms with Crippen molar-refractivity contribution in [3.8, 4) is 0 Å². The number of nitrogens with one attached hydrogen (secondary N) is 1. The Hall–Kier alpha value is -1.41. The maximum absolute atomic E-state index is 13.3. The fraction of sp³-hybridized carbons (Fsp3) is 0.643. The van der Waals surface area contributed by atoms with Crippen molar-refractivity contribution in [2.75, 3.05) is 36.9 Å². The van der Waals surface area contributed by atoms with Gasteiger partial charge in [0.1, 0.15) is 17.8 Å². The number of pyridine rings is 1. The Balaban J connectivity index is 1.61. The third-order valence-corrected chi connectivity index (χ3v) is 5.06. The highest BCUT2D eigenvalue weighted by Gasteiger charge is 2.26. The molecule has 8 heteroatoms. The molecule has 1 saturated heterocycles. The smallest absolute Gasteiger partial charge is 0.203 e. The Kier molecular flexibility index (Phi) is 4.49. The molecule has 6 nitrogen and oxygen atoms in total. The van der Waals surface area contributed by atoms with Crippen LogP contribution in [-0.4, -0.2) is 56.6 Å². The van der Waals surface area contributed by atoms with Crippen LogP contribution in [0.15, 0.2) is 12.1 Å². The van der Waals surface area contributed by atoms with E-state index in [-0.39, 0.29) is 6.04 Å². The fourth-order valence-corrected chi connectivity index (χ4v) is 3.26. The zero-order valence-corrected chi connectivity index (χ0v) is 13.4.